The van der Waals surface area contributed by atoms with Crippen LogP contribution in [-0.4, -0.2) is 41.1 Å². The van der Waals surface area contributed by atoms with Crippen LogP contribution in [0.2, 0.25) is 0 Å². The second kappa shape index (κ2) is 35.6. The van der Waals surface area contributed by atoms with Crippen LogP contribution in [0.4, 0.5) is 0 Å². The van der Waals surface area contributed by atoms with Gasteiger partial charge in [-0.05, 0) is 84.2 Å². The summed E-state index contributed by atoms with van der Waals surface area (Å²) < 4.78 is 5.01. The van der Waals surface area contributed by atoms with Crippen LogP contribution in [0.1, 0.15) is 115 Å². The molecule has 9 aromatic rings. The number of oxazole rings is 1. The molecule has 0 aliphatic carbocycles. The summed E-state index contributed by atoms with van der Waals surface area (Å²) in [5, 5.41) is 1.20. The Labute approximate surface area is 403 Å². The maximum absolute atomic E-state index is 5.01. The topological polar surface area (TPSA) is 119 Å². The van der Waals surface area contributed by atoms with E-state index in [0.717, 1.165) is 74.8 Å². The molecule has 0 atom stereocenters. The van der Waals surface area contributed by atoms with Crippen molar-refractivity contribution in [3.63, 3.8) is 0 Å². The van der Waals surface area contributed by atoms with Crippen molar-refractivity contribution >= 4 is 50.3 Å². The minimum Gasteiger partial charge on any atom is -0.443 e. The van der Waals surface area contributed by atoms with Gasteiger partial charge < -0.3 is 9.40 Å². The highest BCUT2D eigenvalue weighted by molar-refractivity contribution is 5.84. The van der Waals surface area contributed by atoms with Crippen LogP contribution >= 0.6 is 0 Å². The lowest BCUT2D eigenvalue weighted by Gasteiger charge is -1.91. The smallest absolute Gasteiger partial charge is 0.181 e. The molecule has 0 radical (unpaired) electrons. The predicted octanol–water partition coefficient (Wildman–Crippen LogP) is 16.6. The first-order chi connectivity index (χ1) is 32.0. The first kappa shape index (κ1) is 58.4. The number of aromatic nitrogens is 7. The van der Waals surface area contributed by atoms with Crippen molar-refractivity contribution < 1.29 is 4.42 Å². The monoisotopic (exact) mass is 905 g/mol. The van der Waals surface area contributed by atoms with E-state index in [9.17, 15) is 0 Å². The van der Waals surface area contributed by atoms with E-state index in [4.69, 9.17) is 4.42 Å². The van der Waals surface area contributed by atoms with Gasteiger partial charge in [0.25, 0.3) is 0 Å². The molecule has 0 amide bonds. The molecule has 0 unspecified atom stereocenters. The SMILES string of the molecule is C1=NCc2cnccc21.CC(C)C.CC(C)C.CC(C)C.CC(C)C.CC(C)C.c1ccc2[nH]cnc2c1.c1ccc2ncccc2c1.c1ccc2nccnc2c1.c1ccc2ocnc2c1. The number of aliphatic imine (C=N–C) groups is 1. The second-order valence-corrected chi connectivity index (χ2v) is 18.7. The van der Waals surface area contributed by atoms with Crippen LogP contribution in [0.3, 0.4) is 0 Å². The number of imidazole rings is 1. The zero-order valence-electron chi connectivity index (χ0n) is 43.2. The average Bonchev–Trinajstić information content (AvgIpc) is 4.09. The van der Waals surface area contributed by atoms with Crippen LogP contribution in [-0.2, 0) is 6.54 Å². The van der Waals surface area contributed by atoms with Gasteiger partial charge in [0.1, 0.15) is 5.52 Å². The van der Waals surface area contributed by atoms with Crippen molar-refractivity contribution in [2.75, 3.05) is 0 Å². The Kier molecular flexibility index (Phi) is 31.1. The summed E-state index contributed by atoms with van der Waals surface area (Å²) in [5.41, 5.74) is 9.28. The Morgan fingerprint density at radius 2 is 0.896 bits per heavy atom. The van der Waals surface area contributed by atoms with Gasteiger partial charge in [-0.25, -0.2) is 9.97 Å². The summed E-state index contributed by atoms with van der Waals surface area (Å²) in [5.74, 6) is 4.17. The van der Waals surface area contributed by atoms with Crippen molar-refractivity contribution in [3.8, 4) is 0 Å². The zero-order chi connectivity index (χ0) is 49.8. The first-order valence-corrected chi connectivity index (χ1v) is 23.5. The third-order valence-electron chi connectivity index (χ3n) is 6.89. The molecule has 358 valence electrons. The fourth-order valence-electron chi connectivity index (χ4n) is 4.55. The van der Waals surface area contributed by atoms with Crippen molar-refractivity contribution in [1.82, 2.24) is 34.9 Å². The average molecular weight is 905 g/mol. The van der Waals surface area contributed by atoms with Gasteiger partial charge in [-0.1, -0.05) is 165 Å². The van der Waals surface area contributed by atoms with Crippen molar-refractivity contribution in [2.24, 2.45) is 34.6 Å². The number of hydrogen-bond donors (Lipinski definition) is 1. The van der Waals surface area contributed by atoms with E-state index in [1.54, 1.807) is 24.9 Å². The molecule has 1 N–H and O–H groups in total. The Bertz CT molecular complexity index is 2210. The number of para-hydroxylation sites is 7. The Balaban J connectivity index is 0.000000382. The van der Waals surface area contributed by atoms with Gasteiger partial charge >= 0.3 is 0 Å². The van der Waals surface area contributed by atoms with E-state index >= 15 is 0 Å². The highest BCUT2D eigenvalue weighted by atomic mass is 16.3. The van der Waals surface area contributed by atoms with E-state index in [2.05, 4.69) is 156 Å². The van der Waals surface area contributed by atoms with Gasteiger partial charge in [-0.15, -0.1) is 0 Å². The van der Waals surface area contributed by atoms with Gasteiger partial charge in [0.15, 0.2) is 12.0 Å². The fourth-order valence-corrected chi connectivity index (χ4v) is 4.55. The Morgan fingerprint density at radius 1 is 0.433 bits per heavy atom. The number of nitrogens with zero attached hydrogens (tertiary/aromatic N) is 7. The Morgan fingerprint density at radius 3 is 1.42 bits per heavy atom. The zero-order valence-corrected chi connectivity index (χ0v) is 43.2. The van der Waals surface area contributed by atoms with Crippen LogP contribution in [0.5, 0.6) is 0 Å². The molecule has 1 aliphatic heterocycles. The standard InChI is InChI=1S/C9H7N.C8H6N2.2C7H6N2.C7H5NO.5C4H10/c1-2-6-9-8(4-1)5-3-7-10-9;1-2-4-8-7(3-1)9-5-6-10-8;1-2-8-4-7-5-9-3-6(1)7;2*1-2-4-7-6(3-1)8-5-9-7;5*1-4(2)3/h1-7H;1-6H;1-4H,5H2;1-5H,(H,8,9);1-5H;5*4H,1-3H3. The minimum absolute atomic E-state index is 0.809. The normalized spacial score (nSPS) is 10.3. The van der Waals surface area contributed by atoms with Gasteiger partial charge in [-0.2, -0.15) is 0 Å². The summed E-state index contributed by atoms with van der Waals surface area (Å²) in [7, 11) is 0. The van der Waals surface area contributed by atoms with E-state index in [0.29, 0.717) is 0 Å². The summed E-state index contributed by atoms with van der Waals surface area (Å²) in [4.78, 5) is 31.5. The molecule has 5 aromatic heterocycles. The summed E-state index contributed by atoms with van der Waals surface area (Å²) in [6.07, 6.45) is 13.9. The third-order valence-corrected chi connectivity index (χ3v) is 6.89. The highest BCUT2D eigenvalue weighted by Gasteiger charge is 2.02. The second-order valence-electron chi connectivity index (χ2n) is 18.7. The number of benzene rings is 4. The lowest BCUT2D eigenvalue weighted by atomic mass is 10.2. The fraction of sp³-hybridized carbons (Fsp3) is 0.362. The summed E-state index contributed by atoms with van der Waals surface area (Å²) in [6, 6.07) is 37.5. The molecule has 0 saturated carbocycles. The van der Waals surface area contributed by atoms with Gasteiger partial charge in [0.05, 0.1) is 40.5 Å². The van der Waals surface area contributed by atoms with Crippen LogP contribution in [0.25, 0.3) is 44.1 Å². The van der Waals surface area contributed by atoms with Gasteiger partial charge in [-0.3, -0.25) is 24.9 Å². The molecule has 67 heavy (non-hydrogen) atoms. The Hall–Kier alpha value is -6.61. The van der Waals surface area contributed by atoms with Gasteiger partial charge in [0, 0.05) is 53.7 Å². The van der Waals surface area contributed by atoms with Crippen molar-refractivity contribution in [3.05, 3.63) is 170 Å². The molecular formula is C58H80N8O. The highest BCUT2D eigenvalue weighted by Crippen LogP contribution is 2.12. The molecule has 6 heterocycles. The van der Waals surface area contributed by atoms with E-state index in [-0.39, 0.29) is 0 Å². The minimum atomic E-state index is 0.809. The summed E-state index contributed by atoms with van der Waals surface area (Å²) >= 11 is 0. The molecule has 9 nitrogen and oxygen atoms in total. The molecule has 4 aromatic carbocycles. The largest absolute Gasteiger partial charge is 0.443 e. The number of hydrogen-bond acceptors (Lipinski definition) is 8. The lowest BCUT2D eigenvalue weighted by molar-refractivity contribution is 0.602. The predicted molar refractivity (Wildman–Crippen MR) is 289 cm³/mol. The summed E-state index contributed by atoms with van der Waals surface area (Å²) in [6.45, 7) is 33.3. The number of nitrogens with one attached hydrogen (secondary N) is 1. The number of rotatable bonds is 0. The molecule has 0 fully saturated rings. The van der Waals surface area contributed by atoms with E-state index in [1.165, 1.54) is 22.9 Å². The third kappa shape index (κ3) is 30.3. The molecule has 0 spiro atoms. The lowest BCUT2D eigenvalue weighted by Crippen LogP contribution is -1.83. The van der Waals surface area contributed by atoms with E-state index in [1.807, 2.05) is 122 Å². The maximum Gasteiger partial charge on any atom is 0.181 e. The molecule has 0 bridgehead atoms. The maximum atomic E-state index is 5.01. The van der Waals surface area contributed by atoms with Crippen LogP contribution < -0.4 is 0 Å². The quantitative estimate of drug-likeness (QED) is 0.161. The molecule has 10 rings (SSSR count). The molecule has 0 saturated heterocycles. The van der Waals surface area contributed by atoms with Crippen molar-refractivity contribution in [2.45, 2.75) is 110 Å². The van der Waals surface area contributed by atoms with Crippen molar-refractivity contribution in [1.29, 1.82) is 0 Å². The number of aromatic amines is 1. The number of fused-ring (bicyclic) bond motifs is 5. The number of H-pyrrole nitrogens is 1. The van der Waals surface area contributed by atoms with E-state index < -0.39 is 0 Å². The molecule has 9 heteroatoms. The van der Waals surface area contributed by atoms with Gasteiger partial charge in [0.2, 0.25) is 0 Å². The first-order valence-electron chi connectivity index (χ1n) is 23.5. The molecular weight excluding hydrogens is 825 g/mol. The van der Waals surface area contributed by atoms with Crippen LogP contribution in [0, 0.1) is 29.6 Å². The number of pyridine rings is 2. The van der Waals surface area contributed by atoms with Crippen LogP contribution in [0.15, 0.2) is 168 Å². The molecule has 1 aliphatic rings.